The fourth-order valence-corrected chi connectivity index (χ4v) is 4.28. The molecule has 28 heavy (non-hydrogen) atoms. The molecule has 152 valence electrons. The molecule has 1 aliphatic heterocycles. The van der Waals surface area contributed by atoms with Crippen molar-refractivity contribution < 1.29 is 13.2 Å². The first-order valence-corrected chi connectivity index (χ1v) is 12.1. The topological polar surface area (TPSA) is 97.2 Å². The van der Waals surface area contributed by atoms with E-state index in [2.05, 4.69) is 14.9 Å². The van der Waals surface area contributed by atoms with Gasteiger partial charge in [-0.25, -0.2) is 13.1 Å². The highest BCUT2D eigenvalue weighted by atomic mass is 32.2. The molecule has 1 aromatic heterocycles. The van der Waals surface area contributed by atoms with Gasteiger partial charge in [0.25, 0.3) is 0 Å². The Balaban J connectivity index is 1.80. The Hall–Kier alpha value is -1.91. The monoisotopic (exact) mass is 423 g/mol. The van der Waals surface area contributed by atoms with Crippen molar-refractivity contribution in [2.75, 3.05) is 25.1 Å². The van der Waals surface area contributed by atoms with Gasteiger partial charge in [0.15, 0.2) is 11.0 Å². The van der Waals surface area contributed by atoms with Gasteiger partial charge in [-0.3, -0.25) is 9.36 Å². The number of nitrogens with one attached hydrogen (secondary N) is 1. The number of carbonyl (C=O) groups is 1. The summed E-state index contributed by atoms with van der Waals surface area (Å²) in [4.78, 5) is 14.4. The summed E-state index contributed by atoms with van der Waals surface area (Å²) in [6.07, 6.45) is 4.39. The van der Waals surface area contributed by atoms with Crippen LogP contribution in [0, 0.1) is 6.92 Å². The maximum Gasteiger partial charge on any atom is 0.233 e. The molecule has 1 amide bonds. The molecular formula is C18H25N5O3S2. The van der Waals surface area contributed by atoms with Crippen molar-refractivity contribution in [3.05, 3.63) is 35.7 Å². The second kappa shape index (κ2) is 9.06. The third-order valence-corrected chi connectivity index (χ3v) is 6.10. The number of hydrogen-bond acceptors (Lipinski definition) is 6. The summed E-state index contributed by atoms with van der Waals surface area (Å²) in [5.41, 5.74) is 1.94. The molecule has 3 rings (SSSR count). The fourth-order valence-electron chi connectivity index (χ4n) is 3.02. The van der Waals surface area contributed by atoms with Gasteiger partial charge < -0.3 is 4.90 Å². The summed E-state index contributed by atoms with van der Waals surface area (Å²) in [6.45, 7) is 3.65. The lowest BCUT2D eigenvalue weighted by molar-refractivity contribution is -0.129. The zero-order chi connectivity index (χ0) is 20.1. The van der Waals surface area contributed by atoms with Gasteiger partial charge in [0.2, 0.25) is 15.9 Å². The van der Waals surface area contributed by atoms with Crippen molar-refractivity contribution in [1.29, 1.82) is 0 Å². The van der Waals surface area contributed by atoms with E-state index in [0.29, 0.717) is 11.0 Å². The summed E-state index contributed by atoms with van der Waals surface area (Å²) in [5, 5.41) is 8.92. The number of benzene rings is 1. The second-order valence-corrected chi connectivity index (χ2v) is 9.67. The number of thioether (sulfide) groups is 1. The van der Waals surface area contributed by atoms with E-state index in [9.17, 15) is 13.2 Å². The number of carbonyl (C=O) groups excluding carboxylic acids is 1. The van der Waals surface area contributed by atoms with Gasteiger partial charge in [0.05, 0.1) is 18.6 Å². The van der Waals surface area contributed by atoms with E-state index in [4.69, 9.17) is 0 Å². The predicted octanol–water partition coefficient (Wildman–Crippen LogP) is 1.73. The van der Waals surface area contributed by atoms with Gasteiger partial charge in [-0.05, 0) is 38.3 Å². The molecule has 1 saturated heterocycles. The molecule has 10 heteroatoms. The van der Waals surface area contributed by atoms with Crippen molar-refractivity contribution in [3.63, 3.8) is 0 Å². The van der Waals surface area contributed by atoms with E-state index < -0.39 is 10.0 Å². The molecule has 2 heterocycles. The number of aromatic nitrogens is 3. The summed E-state index contributed by atoms with van der Waals surface area (Å²) < 4.78 is 27.2. The van der Waals surface area contributed by atoms with Gasteiger partial charge >= 0.3 is 0 Å². The van der Waals surface area contributed by atoms with E-state index in [1.54, 1.807) is 4.57 Å². The van der Waals surface area contributed by atoms with Crippen LogP contribution in [-0.4, -0.2) is 59.1 Å². The zero-order valence-electron chi connectivity index (χ0n) is 16.1. The summed E-state index contributed by atoms with van der Waals surface area (Å²) >= 11 is 1.32. The van der Waals surface area contributed by atoms with Gasteiger partial charge in [-0.2, -0.15) is 0 Å². The molecular weight excluding hydrogens is 398 g/mol. The van der Waals surface area contributed by atoms with Crippen molar-refractivity contribution in [3.8, 4) is 5.69 Å². The first kappa shape index (κ1) is 20.8. The van der Waals surface area contributed by atoms with Crippen LogP contribution in [0.15, 0.2) is 29.4 Å². The summed E-state index contributed by atoms with van der Waals surface area (Å²) in [5.74, 6) is 0.852. The first-order chi connectivity index (χ1) is 13.3. The molecule has 8 nitrogen and oxygen atoms in total. The summed E-state index contributed by atoms with van der Waals surface area (Å²) in [7, 11) is -3.36. The van der Waals surface area contributed by atoms with Crippen LogP contribution in [0.1, 0.15) is 30.7 Å². The normalized spacial score (nSPS) is 15.0. The second-order valence-electron chi connectivity index (χ2n) is 6.89. The zero-order valence-corrected chi connectivity index (χ0v) is 17.7. The van der Waals surface area contributed by atoms with Gasteiger partial charge in [0, 0.05) is 18.8 Å². The lowest BCUT2D eigenvalue weighted by Crippen LogP contribution is -2.36. The van der Waals surface area contributed by atoms with Crippen molar-refractivity contribution >= 4 is 27.7 Å². The van der Waals surface area contributed by atoms with Crippen LogP contribution >= 0.6 is 11.8 Å². The average molecular weight is 424 g/mol. The molecule has 2 aromatic rings. The van der Waals surface area contributed by atoms with E-state index in [0.717, 1.165) is 43.4 Å². The van der Waals surface area contributed by atoms with Crippen LogP contribution in [0.4, 0.5) is 0 Å². The maximum atomic E-state index is 12.5. The highest BCUT2D eigenvalue weighted by Gasteiger charge is 2.20. The average Bonchev–Trinajstić information content (AvgIpc) is 3.08. The number of amides is 1. The Kier molecular flexibility index (Phi) is 6.73. The van der Waals surface area contributed by atoms with Gasteiger partial charge in [0.1, 0.15) is 0 Å². The molecule has 0 unspecified atom stereocenters. The number of piperidine rings is 1. The van der Waals surface area contributed by atoms with Crippen molar-refractivity contribution in [2.24, 2.45) is 0 Å². The smallest absolute Gasteiger partial charge is 0.233 e. The van der Waals surface area contributed by atoms with Crippen LogP contribution < -0.4 is 4.72 Å². The molecule has 1 fully saturated rings. The highest BCUT2D eigenvalue weighted by molar-refractivity contribution is 7.99. The first-order valence-electron chi connectivity index (χ1n) is 9.20. The predicted molar refractivity (Wildman–Crippen MR) is 109 cm³/mol. The molecule has 1 N–H and O–H groups in total. The lowest BCUT2D eigenvalue weighted by atomic mass is 10.1. The van der Waals surface area contributed by atoms with E-state index in [1.807, 2.05) is 36.1 Å². The third kappa shape index (κ3) is 5.55. The fraction of sp³-hybridized carbons (Fsp3) is 0.500. The Labute approximate surface area is 169 Å². The lowest BCUT2D eigenvalue weighted by Gasteiger charge is -2.26. The highest BCUT2D eigenvalue weighted by Crippen LogP contribution is 2.23. The summed E-state index contributed by atoms with van der Waals surface area (Å²) in [6, 6.07) is 7.80. The number of likely N-dealkylation sites (tertiary alicyclic amines) is 1. The molecule has 0 aliphatic carbocycles. The molecule has 0 radical (unpaired) electrons. The van der Waals surface area contributed by atoms with Crippen molar-refractivity contribution in [1.82, 2.24) is 24.4 Å². The molecule has 0 bridgehead atoms. The SMILES string of the molecule is Cc1ccc(-n2c(CNS(C)(=O)=O)nnc2SCC(=O)N2CCCCC2)cc1. The number of rotatable bonds is 7. The van der Waals surface area contributed by atoms with E-state index in [1.165, 1.54) is 18.2 Å². The Morgan fingerprint density at radius 2 is 1.82 bits per heavy atom. The van der Waals surface area contributed by atoms with Crippen molar-refractivity contribution in [2.45, 2.75) is 37.9 Å². The van der Waals surface area contributed by atoms with Crippen LogP contribution in [0.25, 0.3) is 5.69 Å². The minimum absolute atomic E-state index is 0.0281. The van der Waals surface area contributed by atoms with Gasteiger partial charge in [-0.15, -0.1) is 10.2 Å². The minimum atomic E-state index is -3.36. The van der Waals surface area contributed by atoms with Crippen LogP contribution in [0.2, 0.25) is 0 Å². The Morgan fingerprint density at radius 1 is 1.14 bits per heavy atom. The van der Waals surface area contributed by atoms with E-state index >= 15 is 0 Å². The Bertz CT molecular complexity index is 919. The molecule has 1 aromatic carbocycles. The number of aryl methyl sites for hydroxylation is 1. The molecule has 0 spiro atoms. The quantitative estimate of drug-likeness (QED) is 0.681. The maximum absolute atomic E-state index is 12.5. The third-order valence-electron chi connectivity index (χ3n) is 4.52. The van der Waals surface area contributed by atoms with Gasteiger partial charge in [-0.1, -0.05) is 29.5 Å². The number of hydrogen-bond donors (Lipinski definition) is 1. The largest absolute Gasteiger partial charge is 0.342 e. The molecule has 1 aliphatic rings. The standard InChI is InChI=1S/C18H25N5O3S2/c1-14-6-8-15(9-7-14)23-16(12-19-28(2,25)26)20-21-18(23)27-13-17(24)22-10-4-3-5-11-22/h6-9,19H,3-5,10-13H2,1-2H3. The Morgan fingerprint density at radius 3 is 2.46 bits per heavy atom. The van der Waals surface area contributed by atoms with E-state index in [-0.39, 0.29) is 18.2 Å². The van der Waals surface area contributed by atoms with Crippen LogP contribution in [0.3, 0.4) is 0 Å². The van der Waals surface area contributed by atoms with Crippen LogP contribution in [0.5, 0.6) is 0 Å². The van der Waals surface area contributed by atoms with Crippen LogP contribution in [-0.2, 0) is 21.4 Å². The number of sulfonamides is 1. The minimum Gasteiger partial charge on any atom is -0.342 e. The molecule has 0 atom stereocenters. The molecule has 0 saturated carbocycles. The number of nitrogens with zero attached hydrogens (tertiary/aromatic N) is 4.